The van der Waals surface area contributed by atoms with Gasteiger partial charge in [-0.2, -0.15) is 0 Å². The fourth-order valence-electron chi connectivity index (χ4n) is 2.16. The quantitative estimate of drug-likeness (QED) is 0.800. The summed E-state index contributed by atoms with van der Waals surface area (Å²) < 4.78 is 0. The third kappa shape index (κ3) is 3.93. The molecule has 0 atom stereocenters. The van der Waals surface area contributed by atoms with Crippen molar-refractivity contribution in [2.45, 2.75) is 24.8 Å². The van der Waals surface area contributed by atoms with Gasteiger partial charge in [0.05, 0.1) is 6.20 Å². The number of hydrogen-bond acceptors (Lipinski definition) is 4. The highest BCUT2D eigenvalue weighted by Gasteiger charge is 2.09. The van der Waals surface area contributed by atoms with Gasteiger partial charge < -0.3 is 15.0 Å². The monoisotopic (exact) mass is 291 g/mol. The molecule has 0 amide bonds. The average Bonchev–Trinajstić information content (AvgIpc) is 2.82. The molecule has 4 nitrogen and oxygen atoms in total. The number of aromatic hydroxyl groups is 1. The van der Waals surface area contributed by atoms with Crippen molar-refractivity contribution in [2.75, 3.05) is 18.5 Å². The summed E-state index contributed by atoms with van der Waals surface area (Å²) in [5, 5.41) is 9.99. The zero-order chi connectivity index (χ0) is 14.5. The van der Waals surface area contributed by atoms with Crippen LogP contribution in [0.5, 0.6) is 5.88 Å². The van der Waals surface area contributed by atoms with E-state index in [1.807, 2.05) is 0 Å². The van der Waals surface area contributed by atoms with Crippen LogP contribution in [-0.4, -0.2) is 28.7 Å². The van der Waals surface area contributed by atoms with Gasteiger partial charge in [-0.25, -0.2) is 4.98 Å². The van der Waals surface area contributed by atoms with E-state index >= 15 is 0 Å². The number of thioether (sulfide) groups is 1. The highest BCUT2D eigenvalue weighted by molar-refractivity contribution is 7.98. The normalized spacial score (nSPS) is 11.0. The van der Waals surface area contributed by atoms with Gasteiger partial charge in [0.2, 0.25) is 5.88 Å². The van der Waals surface area contributed by atoms with Crippen LogP contribution in [-0.2, 0) is 5.75 Å². The molecule has 0 aliphatic carbocycles. The minimum Gasteiger partial charge on any atom is -0.493 e. The summed E-state index contributed by atoms with van der Waals surface area (Å²) in [7, 11) is 2.13. The van der Waals surface area contributed by atoms with E-state index in [2.05, 4.69) is 60.0 Å². The van der Waals surface area contributed by atoms with Crippen molar-refractivity contribution in [1.29, 1.82) is 0 Å². The molecule has 108 valence electrons. The number of nitrogens with one attached hydrogen (secondary N) is 1. The van der Waals surface area contributed by atoms with Crippen LogP contribution in [0.1, 0.15) is 19.4 Å². The molecule has 2 rings (SSSR count). The van der Waals surface area contributed by atoms with Crippen molar-refractivity contribution in [3.05, 3.63) is 36.0 Å². The number of aromatic nitrogens is 2. The van der Waals surface area contributed by atoms with Crippen LogP contribution >= 0.6 is 11.8 Å². The molecule has 1 aromatic carbocycles. The van der Waals surface area contributed by atoms with Gasteiger partial charge in [0, 0.05) is 25.0 Å². The maximum Gasteiger partial charge on any atom is 0.209 e. The molecular formula is C15H21N3OS. The fourth-order valence-corrected chi connectivity index (χ4v) is 3.00. The molecule has 0 radical (unpaired) electrons. The van der Waals surface area contributed by atoms with E-state index < -0.39 is 0 Å². The summed E-state index contributed by atoms with van der Waals surface area (Å²) in [5.74, 6) is 1.56. The molecular weight excluding hydrogens is 270 g/mol. The van der Waals surface area contributed by atoms with Crippen LogP contribution in [0, 0.1) is 5.92 Å². The molecule has 1 heterocycles. The highest BCUT2D eigenvalue weighted by atomic mass is 32.2. The van der Waals surface area contributed by atoms with Gasteiger partial charge in [-0.3, -0.25) is 0 Å². The molecule has 5 heteroatoms. The molecule has 2 aromatic rings. The van der Waals surface area contributed by atoms with Crippen molar-refractivity contribution in [1.82, 2.24) is 9.97 Å². The van der Waals surface area contributed by atoms with E-state index in [1.165, 1.54) is 17.4 Å². The number of benzene rings is 1. The van der Waals surface area contributed by atoms with E-state index in [0.717, 1.165) is 17.5 Å². The molecule has 0 unspecified atom stereocenters. The van der Waals surface area contributed by atoms with E-state index in [9.17, 15) is 5.11 Å². The molecule has 2 N–H and O–H groups in total. The number of para-hydroxylation sites is 1. The van der Waals surface area contributed by atoms with Crippen LogP contribution in [0.15, 0.2) is 35.6 Å². The van der Waals surface area contributed by atoms with E-state index in [4.69, 9.17) is 0 Å². The molecule has 0 fully saturated rings. The number of aromatic amines is 1. The first-order valence-corrected chi connectivity index (χ1v) is 7.70. The number of nitrogens with zero attached hydrogens (tertiary/aromatic N) is 2. The van der Waals surface area contributed by atoms with Crippen LogP contribution in [0.25, 0.3) is 0 Å². The largest absolute Gasteiger partial charge is 0.493 e. The van der Waals surface area contributed by atoms with E-state index in [0.29, 0.717) is 5.92 Å². The van der Waals surface area contributed by atoms with Gasteiger partial charge in [0.25, 0.3) is 0 Å². The van der Waals surface area contributed by atoms with Crippen molar-refractivity contribution >= 4 is 17.4 Å². The van der Waals surface area contributed by atoms with Gasteiger partial charge >= 0.3 is 0 Å². The number of rotatable bonds is 6. The second-order valence-electron chi connectivity index (χ2n) is 5.27. The third-order valence-electron chi connectivity index (χ3n) is 2.95. The SMILES string of the molecule is CC(C)CN(C)c1ccccc1CSc1ncc(O)[nH]1. The van der Waals surface area contributed by atoms with Crippen LogP contribution in [0.3, 0.4) is 0 Å². The molecule has 20 heavy (non-hydrogen) atoms. The minimum atomic E-state index is 0.109. The standard InChI is InChI=1S/C15H21N3OS/c1-11(2)9-18(3)13-7-5-4-6-12(13)10-20-15-16-8-14(19)17-15/h4-8,11,19H,9-10H2,1-3H3,(H,16,17). The number of hydrogen-bond donors (Lipinski definition) is 2. The number of imidazole rings is 1. The van der Waals surface area contributed by atoms with Crippen molar-refractivity contribution in [3.63, 3.8) is 0 Å². The topological polar surface area (TPSA) is 52.1 Å². The van der Waals surface area contributed by atoms with Crippen LogP contribution < -0.4 is 4.90 Å². The lowest BCUT2D eigenvalue weighted by molar-refractivity contribution is 0.454. The molecule has 0 saturated carbocycles. The highest BCUT2D eigenvalue weighted by Crippen LogP contribution is 2.27. The number of anilines is 1. The minimum absolute atomic E-state index is 0.109. The lowest BCUT2D eigenvalue weighted by Crippen LogP contribution is -2.23. The second kappa shape index (κ2) is 6.70. The molecule has 1 aromatic heterocycles. The summed E-state index contributed by atoms with van der Waals surface area (Å²) in [6.07, 6.45) is 1.43. The zero-order valence-electron chi connectivity index (χ0n) is 12.1. The summed E-state index contributed by atoms with van der Waals surface area (Å²) in [6.45, 7) is 5.47. The van der Waals surface area contributed by atoms with Crippen molar-refractivity contribution < 1.29 is 5.11 Å². The maximum absolute atomic E-state index is 9.25. The van der Waals surface area contributed by atoms with E-state index in [1.54, 1.807) is 11.8 Å². The Bertz CT molecular complexity index is 554. The molecule has 0 aliphatic heterocycles. The van der Waals surface area contributed by atoms with Gasteiger partial charge in [0.15, 0.2) is 5.16 Å². The number of H-pyrrole nitrogens is 1. The maximum atomic E-state index is 9.25. The molecule has 0 bridgehead atoms. The first-order chi connectivity index (χ1) is 9.56. The lowest BCUT2D eigenvalue weighted by atomic mass is 10.1. The first-order valence-electron chi connectivity index (χ1n) is 6.72. The summed E-state index contributed by atoms with van der Waals surface area (Å²) in [4.78, 5) is 9.21. The van der Waals surface area contributed by atoms with Gasteiger partial charge in [-0.05, 0) is 17.5 Å². The summed E-state index contributed by atoms with van der Waals surface area (Å²) >= 11 is 1.59. The predicted octanol–water partition coefficient (Wildman–Crippen LogP) is 3.50. The average molecular weight is 291 g/mol. The van der Waals surface area contributed by atoms with Gasteiger partial charge in [-0.15, -0.1) is 0 Å². The first kappa shape index (κ1) is 14.8. The van der Waals surface area contributed by atoms with Crippen LogP contribution in [0.4, 0.5) is 5.69 Å². The molecule has 0 saturated heterocycles. The second-order valence-corrected chi connectivity index (χ2v) is 6.23. The Hall–Kier alpha value is -1.62. The fraction of sp³-hybridized carbons (Fsp3) is 0.400. The lowest BCUT2D eigenvalue weighted by Gasteiger charge is -2.24. The Labute approximate surface area is 124 Å². The summed E-state index contributed by atoms with van der Waals surface area (Å²) in [5.41, 5.74) is 2.53. The molecule has 0 aliphatic rings. The Morgan fingerprint density at radius 1 is 1.35 bits per heavy atom. The van der Waals surface area contributed by atoms with Gasteiger partial charge in [0.1, 0.15) is 0 Å². The van der Waals surface area contributed by atoms with Crippen molar-refractivity contribution in [2.24, 2.45) is 5.92 Å². The zero-order valence-corrected chi connectivity index (χ0v) is 12.9. The predicted molar refractivity (Wildman–Crippen MR) is 84.4 cm³/mol. The third-order valence-corrected chi connectivity index (χ3v) is 3.88. The summed E-state index contributed by atoms with van der Waals surface area (Å²) in [6, 6.07) is 8.42. The van der Waals surface area contributed by atoms with Crippen molar-refractivity contribution in [3.8, 4) is 5.88 Å². The Balaban J connectivity index is 2.07. The Morgan fingerprint density at radius 2 is 2.10 bits per heavy atom. The smallest absolute Gasteiger partial charge is 0.209 e. The molecule has 0 spiro atoms. The Kier molecular flexibility index (Phi) is 4.95. The van der Waals surface area contributed by atoms with Gasteiger partial charge in [-0.1, -0.05) is 43.8 Å². The Morgan fingerprint density at radius 3 is 2.75 bits per heavy atom. The van der Waals surface area contributed by atoms with E-state index in [-0.39, 0.29) is 5.88 Å². The van der Waals surface area contributed by atoms with Crippen LogP contribution in [0.2, 0.25) is 0 Å².